The molecular formula is C30H52O5. The minimum absolute atomic E-state index is 0.128. The molecule has 35 heavy (non-hydrogen) atoms. The topological polar surface area (TPSA) is 77.5 Å². The Labute approximate surface area is 214 Å². The zero-order valence-electron chi connectivity index (χ0n) is 23.6. The van der Waals surface area contributed by atoms with E-state index in [1.165, 1.54) is 19.3 Å². The summed E-state index contributed by atoms with van der Waals surface area (Å²) in [6.45, 7) is 14.3. The van der Waals surface area contributed by atoms with Crippen molar-refractivity contribution in [3.8, 4) is 0 Å². The lowest BCUT2D eigenvalue weighted by atomic mass is 9.79. The molecule has 1 aliphatic carbocycles. The van der Waals surface area contributed by atoms with Crippen LogP contribution >= 0.6 is 0 Å². The van der Waals surface area contributed by atoms with E-state index in [0.29, 0.717) is 38.0 Å². The van der Waals surface area contributed by atoms with Gasteiger partial charge in [0.05, 0.1) is 11.8 Å². The average molecular weight is 493 g/mol. The molecule has 0 heterocycles. The van der Waals surface area contributed by atoms with Crippen molar-refractivity contribution in [2.45, 2.75) is 138 Å². The Balaban J connectivity index is 3.14. The predicted molar refractivity (Wildman–Crippen MR) is 141 cm³/mol. The number of rotatable bonds is 18. The molecule has 1 fully saturated rings. The molecule has 0 aromatic rings. The van der Waals surface area contributed by atoms with Crippen LogP contribution in [0.4, 0.5) is 0 Å². The Morgan fingerprint density at radius 2 is 1.37 bits per heavy atom. The molecule has 5 nitrogen and oxygen atoms in total. The highest BCUT2D eigenvalue weighted by Gasteiger charge is 2.65. The van der Waals surface area contributed by atoms with Crippen LogP contribution in [0.25, 0.3) is 0 Å². The molecule has 1 rings (SSSR count). The van der Waals surface area contributed by atoms with E-state index < -0.39 is 29.2 Å². The third-order valence-electron chi connectivity index (χ3n) is 7.22. The summed E-state index contributed by atoms with van der Waals surface area (Å²) in [6, 6.07) is 0. The highest BCUT2D eigenvalue weighted by molar-refractivity contribution is 6.26. The number of carbonyl (C=O) groups is 4. The van der Waals surface area contributed by atoms with Crippen molar-refractivity contribution in [2.24, 2.45) is 29.6 Å². The molecule has 0 spiro atoms. The molecule has 0 bridgehead atoms. The molecule has 0 aliphatic heterocycles. The van der Waals surface area contributed by atoms with Gasteiger partial charge in [0.1, 0.15) is 0 Å². The second-order valence-electron chi connectivity index (χ2n) is 11.9. The number of carbonyl (C=O) groups excluding carboxylic acids is 4. The molecule has 3 atom stereocenters. The maximum absolute atomic E-state index is 13.8. The van der Waals surface area contributed by atoms with Crippen LogP contribution in [0.5, 0.6) is 0 Å². The van der Waals surface area contributed by atoms with E-state index in [4.69, 9.17) is 4.74 Å². The monoisotopic (exact) mass is 492 g/mol. The normalized spacial score (nSPS) is 22.6. The molecule has 1 aliphatic rings. The van der Waals surface area contributed by atoms with Gasteiger partial charge in [-0.2, -0.15) is 0 Å². The maximum atomic E-state index is 13.8. The highest BCUT2D eigenvalue weighted by Crippen LogP contribution is 2.44. The van der Waals surface area contributed by atoms with Crippen LogP contribution in [0.1, 0.15) is 132 Å². The average Bonchev–Trinajstić information content (AvgIpc) is 2.96. The Kier molecular flexibility index (Phi) is 14.0. The third-order valence-corrected chi connectivity index (χ3v) is 7.22. The van der Waals surface area contributed by atoms with Crippen LogP contribution in [-0.2, 0) is 23.9 Å². The van der Waals surface area contributed by atoms with E-state index in [2.05, 4.69) is 20.8 Å². The summed E-state index contributed by atoms with van der Waals surface area (Å²) >= 11 is 0. The van der Waals surface area contributed by atoms with Crippen LogP contribution in [0.15, 0.2) is 0 Å². The number of Topliss-reactive ketones (excluding diaryl/α,β-unsaturated/α-hetero) is 3. The van der Waals surface area contributed by atoms with E-state index in [1.807, 2.05) is 27.7 Å². The molecule has 1 saturated carbocycles. The number of esters is 1. The van der Waals surface area contributed by atoms with Crippen molar-refractivity contribution in [3.05, 3.63) is 0 Å². The standard InChI is InChI=1S/C30H52O5/c1-8-9-10-11-12-13-14-15-27(32)35-30(26(31)19-17-22(4)5)25(18-16-21(2)3)28(33)24(29(30)34)20-23(6)7/h21-25H,8-20H2,1-7H3. The number of hydrogen-bond acceptors (Lipinski definition) is 5. The van der Waals surface area contributed by atoms with Crippen molar-refractivity contribution >= 4 is 23.3 Å². The minimum atomic E-state index is -1.93. The predicted octanol–water partition coefficient (Wildman–Crippen LogP) is 7.28. The Bertz CT molecular complexity index is 693. The van der Waals surface area contributed by atoms with Crippen molar-refractivity contribution in [3.63, 3.8) is 0 Å². The van der Waals surface area contributed by atoms with Gasteiger partial charge < -0.3 is 4.74 Å². The second-order valence-corrected chi connectivity index (χ2v) is 11.9. The summed E-state index contributed by atoms with van der Waals surface area (Å²) in [5.41, 5.74) is -1.93. The molecular weight excluding hydrogens is 440 g/mol. The minimum Gasteiger partial charge on any atom is -0.442 e. The Morgan fingerprint density at radius 3 is 1.91 bits per heavy atom. The van der Waals surface area contributed by atoms with E-state index >= 15 is 0 Å². The van der Waals surface area contributed by atoms with Gasteiger partial charge in [0.25, 0.3) is 0 Å². The highest BCUT2D eigenvalue weighted by atomic mass is 16.6. The summed E-state index contributed by atoms with van der Waals surface area (Å²) in [5, 5.41) is 0. The number of unbranched alkanes of at least 4 members (excludes halogenated alkanes) is 6. The lowest BCUT2D eigenvalue weighted by molar-refractivity contribution is -0.177. The quantitative estimate of drug-likeness (QED) is 0.114. The van der Waals surface area contributed by atoms with Gasteiger partial charge in [-0.1, -0.05) is 93.4 Å². The molecule has 0 saturated heterocycles. The van der Waals surface area contributed by atoms with E-state index in [0.717, 1.165) is 19.3 Å². The fraction of sp³-hybridized carbons (Fsp3) is 0.867. The molecule has 0 aromatic carbocycles. The van der Waals surface area contributed by atoms with Crippen LogP contribution in [0.3, 0.4) is 0 Å². The van der Waals surface area contributed by atoms with Crippen LogP contribution < -0.4 is 0 Å². The Morgan fingerprint density at radius 1 is 0.800 bits per heavy atom. The van der Waals surface area contributed by atoms with Gasteiger partial charge in [0.15, 0.2) is 17.3 Å². The number of ketones is 3. The Hall–Kier alpha value is -1.52. The zero-order valence-corrected chi connectivity index (χ0v) is 23.6. The SMILES string of the molecule is CCCCCCCCCC(=O)OC1(C(=O)CCC(C)C)C(=O)C(CC(C)C)C(=O)C1CCC(C)C. The lowest BCUT2D eigenvalue weighted by Crippen LogP contribution is -2.53. The first-order valence-electron chi connectivity index (χ1n) is 14.3. The molecule has 5 heteroatoms. The van der Waals surface area contributed by atoms with Gasteiger partial charge in [0, 0.05) is 12.8 Å². The van der Waals surface area contributed by atoms with Gasteiger partial charge in [0.2, 0.25) is 5.60 Å². The van der Waals surface area contributed by atoms with Crippen LogP contribution in [-0.4, -0.2) is 28.9 Å². The zero-order chi connectivity index (χ0) is 26.6. The van der Waals surface area contributed by atoms with Gasteiger partial charge in [-0.25, -0.2) is 0 Å². The first kappa shape index (κ1) is 31.5. The maximum Gasteiger partial charge on any atom is 0.307 e. The summed E-state index contributed by atoms with van der Waals surface area (Å²) in [6.07, 6.45) is 9.87. The number of hydrogen-bond donors (Lipinski definition) is 0. The van der Waals surface area contributed by atoms with Crippen molar-refractivity contribution in [1.82, 2.24) is 0 Å². The smallest absolute Gasteiger partial charge is 0.307 e. The first-order chi connectivity index (χ1) is 16.5. The van der Waals surface area contributed by atoms with Crippen LogP contribution in [0.2, 0.25) is 0 Å². The largest absolute Gasteiger partial charge is 0.442 e. The van der Waals surface area contributed by atoms with Gasteiger partial charge in [-0.15, -0.1) is 0 Å². The fourth-order valence-corrected chi connectivity index (χ4v) is 5.12. The third kappa shape index (κ3) is 9.46. The molecule has 0 aromatic heterocycles. The van der Waals surface area contributed by atoms with E-state index in [-0.39, 0.29) is 36.2 Å². The molecule has 202 valence electrons. The fourth-order valence-electron chi connectivity index (χ4n) is 5.12. The van der Waals surface area contributed by atoms with E-state index in [1.54, 1.807) is 0 Å². The van der Waals surface area contributed by atoms with E-state index in [9.17, 15) is 19.2 Å². The summed E-state index contributed by atoms with van der Waals surface area (Å²) < 4.78 is 5.92. The van der Waals surface area contributed by atoms with Gasteiger partial charge in [-0.3, -0.25) is 19.2 Å². The van der Waals surface area contributed by atoms with Crippen LogP contribution in [0, 0.1) is 29.6 Å². The number of ether oxygens (including phenoxy) is 1. The lowest BCUT2D eigenvalue weighted by Gasteiger charge is -2.32. The second kappa shape index (κ2) is 15.6. The molecule has 0 radical (unpaired) electrons. The molecule has 3 unspecified atom stereocenters. The summed E-state index contributed by atoms with van der Waals surface area (Å²) in [5.74, 6) is -2.57. The van der Waals surface area contributed by atoms with Crippen molar-refractivity contribution in [2.75, 3.05) is 0 Å². The van der Waals surface area contributed by atoms with Gasteiger partial charge >= 0.3 is 5.97 Å². The molecule has 0 N–H and O–H groups in total. The van der Waals surface area contributed by atoms with Crippen molar-refractivity contribution in [1.29, 1.82) is 0 Å². The first-order valence-corrected chi connectivity index (χ1v) is 14.3. The molecule has 0 amide bonds. The summed E-state index contributed by atoms with van der Waals surface area (Å²) in [4.78, 5) is 54.0. The van der Waals surface area contributed by atoms with Crippen molar-refractivity contribution < 1.29 is 23.9 Å². The van der Waals surface area contributed by atoms with Gasteiger partial charge in [-0.05, 0) is 43.4 Å². The summed E-state index contributed by atoms with van der Waals surface area (Å²) in [7, 11) is 0.